The first-order chi connectivity index (χ1) is 14.0. The van der Waals surface area contributed by atoms with Crippen LogP contribution in [0.5, 0.6) is 5.75 Å². The first kappa shape index (κ1) is 21.1. The molecular formula is C21H22N2O4S2. The third kappa shape index (κ3) is 5.27. The third-order valence-corrected chi connectivity index (χ3v) is 6.51. The van der Waals surface area contributed by atoms with Gasteiger partial charge in [0.25, 0.3) is 0 Å². The Morgan fingerprint density at radius 1 is 1.14 bits per heavy atom. The van der Waals surface area contributed by atoms with Gasteiger partial charge in [-0.2, -0.15) is 4.99 Å². The van der Waals surface area contributed by atoms with Crippen LogP contribution < -0.4 is 9.54 Å². The normalized spacial score (nSPS) is 11.6. The minimum absolute atomic E-state index is 0.143. The molecule has 0 atom stereocenters. The van der Waals surface area contributed by atoms with Gasteiger partial charge in [-0.25, -0.2) is 4.79 Å². The van der Waals surface area contributed by atoms with Gasteiger partial charge in [0, 0.05) is 18.4 Å². The van der Waals surface area contributed by atoms with Gasteiger partial charge in [-0.05, 0) is 54.6 Å². The number of benzene rings is 2. The van der Waals surface area contributed by atoms with E-state index in [4.69, 9.17) is 9.47 Å². The third-order valence-electron chi connectivity index (χ3n) is 4.31. The Balaban J connectivity index is 1.61. The van der Waals surface area contributed by atoms with Crippen molar-refractivity contribution < 1.29 is 19.1 Å². The minimum atomic E-state index is -0.383. The average Bonchev–Trinajstić information content (AvgIpc) is 3.05. The summed E-state index contributed by atoms with van der Waals surface area (Å²) in [4.78, 5) is 30.0. The fraction of sp³-hybridized carbons (Fsp3) is 0.286. The van der Waals surface area contributed by atoms with E-state index in [1.165, 1.54) is 18.4 Å². The molecule has 0 unspecified atom stereocenters. The predicted octanol–water partition coefficient (Wildman–Crippen LogP) is 4.03. The van der Waals surface area contributed by atoms with Gasteiger partial charge < -0.3 is 14.0 Å². The van der Waals surface area contributed by atoms with Crippen LogP contribution >= 0.6 is 23.1 Å². The van der Waals surface area contributed by atoms with E-state index in [2.05, 4.69) is 4.99 Å². The number of carbonyl (C=O) groups excluding carboxylic acids is 2. The van der Waals surface area contributed by atoms with Crippen molar-refractivity contribution in [2.45, 2.75) is 17.7 Å². The van der Waals surface area contributed by atoms with E-state index < -0.39 is 0 Å². The first-order valence-corrected chi connectivity index (χ1v) is 10.8. The molecule has 2 aromatic carbocycles. The summed E-state index contributed by atoms with van der Waals surface area (Å²) in [5.74, 6) is 1.15. The number of hydrogen-bond acceptors (Lipinski definition) is 6. The molecule has 3 rings (SSSR count). The Labute approximate surface area is 177 Å². The lowest BCUT2D eigenvalue weighted by Gasteiger charge is -2.02. The molecule has 0 saturated carbocycles. The fourth-order valence-electron chi connectivity index (χ4n) is 2.73. The Kier molecular flexibility index (Phi) is 7.11. The molecule has 152 valence electrons. The van der Waals surface area contributed by atoms with E-state index in [-0.39, 0.29) is 11.9 Å². The van der Waals surface area contributed by atoms with Crippen LogP contribution in [0.4, 0.5) is 0 Å². The van der Waals surface area contributed by atoms with Gasteiger partial charge in [0.15, 0.2) is 4.80 Å². The van der Waals surface area contributed by atoms with Crippen LogP contribution in [-0.2, 0) is 16.6 Å². The van der Waals surface area contributed by atoms with E-state index in [9.17, 15) is 9.59 Å². The molecule has 0 aliphatic rings. The summed E-state index contributed by atoms with van der Waals surface area (Å²) in [5.41, 5.74) is 1.40. The number of esters is 1. The zero-order valence-corrected chi connectivity index (χ0v) is 18.1. The van der Waals surface area contributed by atoms with Crippen molar-refractivity contribution in [1.82, 2.24) is 4.57 Å². The lowest BCUT2D eigenvalue weighted by Crippen LogP contribution is -2.13. The van der Waals surface area contributed by atoms with E-state index in [1.54, 1.807) is 31.0 Å². The summed E-state index contributed by atoms with van der Waals surface area (Å²) in [6, 6.07) is 13.2. The van der Waals surface area contributed by atoms with Gasteiger partial charge in [-0.1, -0.05) is 11.3 Å². The van der Waals surface area contributed by atoms with Crippen LogP contribution in [0, 0.1) is 0 Å². The highest BCUT2D eigenvalue weighted by atomic mass is 32.2. The van der Waals surface area contributed by atoms with E-state index in [0.29, 0.717) is 16.8 Å². The quantitative estimate of drug-likeness (QED) is 0.321. The van der Waals surface area contributed by atoms with Gasteiger partial charge >= 0.3 is 5.97 Å². The summed E-state index contributed by atoms with van der Waals surface area (Å²) in [6.45, 7) is 0. The lowest BCUT2D eigenvalue weighted by molar-refractivity contribution is -0.118. The smallest absolute Gasteiger partial charge is 0.337 e. The standard InChI is InChI=1S/C21H22N2O4S2/c1-23-17-11-6-14(20(25)27-3)13-18(17)29-21(23)22-19(24)5-4-12-28-16-9-7-15(26-2)8-10-16/h6-11,13H,4-5,12H2,1-3H3. The number of aryl methyl sites for hydroxylation is 1. The second-order valence-corrected chi connectivity index (χ2v) is 8.43. The molecule has 0 fully saturated rings. The van der Waals surface area contributed by atoms with E-state index >= 15 is 0 Å². The molecule has 1 aromatic heterocycles. The first-order valence-electron chi connectivity index (χ1n) is 9.04. The Morgan fingerprint density at radius 2 is 1.90 bits per heavy atom. The highest BCUT2D eigenvalue weighted by Gasteiger charge is 2.10. The highest BCUT2D eigenvalue weighted by Crippen LogP contribution is 2.22. The van der Waals surface area contributed by atoms with Gasteiger partial charge in [-0.15, -0.1) is 11.8 Å². The van der Waals surface area contributed by atoms with E-state index in [1.807, 2.05) is 41.9 Å². The summed E-state index contributed by atoms with van der Waals surface area (Å²) >= 11 is 3.09. The largest absolute Gasteiger partial charge is 0.497 e. The SMILES string of the molecule is COC(=O)c1ccc2c(c1)sc(=NC(=O)CCCSc1ccc(OC)cc1)n2C. The van der Waals surface area contributed by atoms with Gasteiger partial charge in [-0.3, -0.25) is 4.79 Å². The molecular weight excluding hydrogens is 408 g/mol. The van der Waals surface area contributed by atoms with Crippen molar-refractivity contribution in [3.63, 3.8) is 0 Å². The zero-order valence-electron chi connectivity index (χ0n) is 16.5. The van der Waals surface area contributed by atoms with Gasteiger partial charge in [0.05, 0.1) is 30.0 Å². The lowest BCUT2D eigenvalue weighted by atomic mass is 10.2. The molecule has 3 aromatic rings. The number of thioether (sulfide) groups is 1. The molecule has 0 bridgehead atoms. The van der Waals surface area contributed by atoms with Crippen LogP contribution in [0.2, 0.25) is 0 Å². The fourth-order valence-corrected chi connectivity index (χ4v) is 4.66. The summed E-state index contributed by atoms with van der Waals surface area (Å²) in [7, 11) is 4.86. The number of hydrogen-bond donors (Lipinski definition) is 0. The summed E-state index contributed by atoms with van der Waals surface area (Å²) < 4.78 is 12.7. The second kappa shape index (κ2) is 9.76. The molecule has 0 radical (unpaired) electrons. The second-order valence-electron chi connectivity index (χ2n) is 6.25. The molecule has 6 nitrogen and oxygen atoms in total. The molecule has 1 amide bonds. The highest BCUT2D eigenvalue weighted by molar-refractivity contribution is 7.99. The van der Waals surface area contributed by atoms with Crippen molar-refractivity contribution >= 4 is 45.2 Å². The van der Waals surface area contributed by atoms with Crippen molar-refractivity contribution in [1.29, 1.82) is 0 Å². The summed E-state index contributed by atoms with van der Waals surface area (Å²) in [6.07, 6.45) is 1.14. The van der Waals surface area contributed by atoms with Gasteiger partial charge in [0.2, 0.25) is 5.91 Å². The molecule has 8 heteroatoms. The van der Waals surface area contributed by atoms with Gasteiger partial charge in [0.1, 0.15) is 5.75 Å². The molecule has 29 heavy (non-hydrogen) atoms. The number of rotatable bonds is 7. The van der Waals surface area contributed by atoms with E-state index in [0.717, 1.165) is 33.0 Å². The molecule has 0 saturated heterocycles. The number of amides is 1. The molecule has 0 aliphatic heterocycles. The topological polar surface area (TPSA) is 69.9 Å². The number of thiazole rings is 1. The number of ether oxygens (including phenoxy) is 2. The number of nitrogens with zero attached hydrogens (tertiary/aromatic N) is 2. The number of aromatic nitrogens is 1. The Bertz CT molecular complexity index is 1080. The molecule has 0 aliphatic carbocycles. The summed E-state index contributed by atoms with van der Waals surface area (Å²) in [5, 5.41) is 0. The van der Waals surface area contributed by atoms with Crippen LogP contribution in [0.15, 0.2) is 52.4 Å². The Hall–Kier alpha value is -2.58. The predicted molar refractivity (Wildman–Crippen MR) is 116 cm³/mol. The molecule has 0 N–H and O–H groups in total. The van der Waals surface area contributed by atoms with Crippen LogP contribution in [-0.4, -0.2) is 36.4 Å². The number of fused-ring (bicyclic) bond motifs is 1. The van der Waals surface area contributed by atoms with Crippen LogP contribution in [0.25, 0.3) is 10.2 Å². The molecule has 0 spiro atoms. The monoisotopic (exact) mass is 430 g/mol. The van der Waals surface area contributed by atoms with Crippen molar-refractivity contribution in [2.75, 3.05) is 20.0 Å². The van der Waals surface area contributed by atoms with Crippen molar-refractivity contribution in [3.8, 4) is 5.75 Å². The number of carbonyl (C=O) groups is 2. The van der Waals surface area contributed by atoms with Crippen molar-refractivity contribution in [2.24, 2.45) is 12.0 Å². The maximum Gasteiger partial charge on any atom is 0.337 e. The maximum absolute atomic E-state index is 12.3. The van der Waals surface area contributed by atoms with Crippen LogP contribution in [0.3, 0.4) is 0 Å². The molecule has 1 heterocycles. The van der Waals surface area contributed by atoms with Crippen LogP contribution in [0.1, 0.15) is 23.2 Å². The average molecular weight is 431 g/mol. The number of methoxy groups -OCH3 is 2. The zero-order chi connectivity index (χ0) is 20.8. The minimum Gasteiger partial charge on any atom is -0.497 e. The maximum atomic E-state index is 12.3. The Morgan fingerprint density at radius 3 is 2.59 bits per heavy atom. The van der Waals surface area contributed by atoms with Crippen molar-refractivity contribution in [3.05, 3.63) is 52.8 Å².